The monoisotopic (exact) mass is 350 g/mol. The summed E-state index contributed by atoms with van der Waals surface area (Å²) in [7, 11) is 0. The van der Waals surface area contributed by atoms with Gasteiger partial charge in [-0.05, 0) is 31.5 Å². The number of nitrogens with zero attached hydrogens (tertiary/aromatic N) is 5. The third-order valence-electron chi connectivity index (χ3n) is 3.67. The molecule has 0 aliphatic heterocycles. The van der Waals surface area contributed by atoms with Gasteiger partial charge >= 0.3 is 0 Å². The lowest BCUT2D eigenvalue weighted by atomic mass is 10.1. The SMILES string of the molecule is Cc1ccc(OCn2ccc(C(=O)Nc3ccn(CC#N)n3)n2)c(C)c1. The van der Waals surface area contributed by atoms with Crippen LogP contribution in [0.5, 0.6) is 5.75 Å². The number of nitriles is 1. The molecule has 0 aliphatic carbocycles. The second kappa shape index (κ2) is 7.53. The molecule has 0 aliphatic rings. The molecule has 1 aromatic carbocycles. The van der Waals surface area contributed by atoms with Gasteiger partial charge in [-0.1, -0.05) is 17.7 Å². The summed E-state index contributed by atoms with van der Waals surface area (Å²) in [6, 6.07) is 11.1. The molecule has 26 heavy (non-hydrogen) atoms. The van der Waals surface area contributed by atoms with Gasteiger partial charge in [0.15, 0.2) is 18.2 Å². The van der Waals surface area contributed by atoms with Crippen molar-refractivity contribution in [2.24, 2.45) is 0 Å². The van der Waals surface area contributed by atoms with Crippen LogP contribution in [0.3, 0.4) is 0 Å². The molecule has 0 saturated heterocycles. The molecule has 3 rings (SSSR count). The minimum Gasteiger partial charge on any atom is -0.471 e. The first-order valence-electron chi connectivity index (χ1n) is 8.00. The lowest BCUT2D eigenvalue weighted by Crippen LogP contribution is -2.15. The van der Waals surface area contributed by atoms with E-state index in [9.17, 15) is 4.79 Å². The number of anilines is 1. The van der Waals surface area contributed by atoms with Crippen molar-refractivity contribution in [1.29, 1.82) is 5.26 Å². The number of aryl methyl sites for hydroxylation is 2. The quantitative estimate of drug-likeness (QED) is 0.736. The molecule has 0 unspecified atom stereocenters. The summed E-state index contributed by atoms with van der Waals surface area (Å²) in [6.07, 6.45) is 3.29. The topological polar surface area (TPSA) is 97.8 Å². The number of benzene rings is 1. The van der Waals surface area contributed by atoms with Gasteiger partial charge in [0, 0.05) is 18.5 Å². The van der Waals surface area contributed by atoms with Crippen molar-refractivity contribution in [2.75, 3.05) is 5.32 Å². The molecule has 0 radical (unpaired) electrons. The number of aromatic nitrogens is 4. The first kappa shape index (κ1) is 17.2. The van der Waals surface area contributed by atoms with Gasteiger partial charge in [-0.15, -0.1) is 0 Å². The van der Waals surface area contributed by atoms with Gasteiger partial charge in [0.25, 0.3) is 5.91 Å². The maximum absolute atomic E-state index is 12.2. The zero-order chi connectivity index (χ0) is 18.5. The number of ether oxygens (including phenoxy) is 1. The highest BCUT2D eigenvalue weighted by Crippen LogP contribution is 2.19. The van der Waals surface area contributed by atoms with E-state index in [1.54, 1.807) is 29.2 Å². The Kier molecular flexibility index (Phi) is 4.99. The third-order valence-corrected chi connectivity index (χ3v) is 3.67. The summed E-state index contributed by atoms with van der Waals surface area (Å²) in [4.78, 5) is 12.2. The second-order valence-corrected chi connectivity index (χ2v) is 5.79. The summed E-state index contributed by atoms with van der Waals surface area (Å²) < 4.78 is 8.72. The van der Waals surface area contributed by atoms with E-state index in [-0.39, 0.29) is 24.9 Å². The van der Waals surface area contributed by atoms with Crippen LogP contribution < -0.4 is 10.1 Å². The van der Waals surface area contributed by atoms with E-state index in [0.717, 1.165) is 11.3 Å². The van der Waals surface area contributed by atoms with E-state index in [1.807, 2.05) is 38.1 Å². The smallest absolute Gasteiger partial charge is 0.277 e. The van der Waals surface area contributed by atoms with Crippen LogP contribution in [0.4, 0.5) is 5.82 Å². The van der Waals surface area contributed by atoms with Crippen molar-refractivity contribution in [3.05, 3.63) is 59.5 Å². The van der Waals surface area contributed by atoms with Gasteiger partial charge < -0.3 is 10.1 Å². The highest BCUT2D eigenvalue weighted by atomic mass is 16.5. The molecule has 0 spiro atoms. The maximum atomic E-state index is 12.2. The molecule has 2 heterocycles. The third kappa shape index (κ3) is 4.08. The summed E-state index contributed by atoms with van der Waals surface area (Å²) in [5, 5.41) is 19.5. The fraction of sp³-hybridized carbons (Fsp3) is 0.222. The summed E-state index contributed by atoms with van der Waals surface area (Å²) in [5.41, 5.74) is 2.47. The fourth-order valence-electron chi connectivity index (χ4n) is 2.42. The average Bonchev–Trinajstić information content (AvgIpc) is 3.24. The summed E-state index contributed by atoms with van der Waals surface area (Å²) in [6.45, 7) is 4.34. The van der Waals surface area contributed by atoms with Crippen LogP contribution in [0.1, 0.15) is 21.6 Å². The van der Waals surface area contributed by atoms with Crippen LogP contribution in [-0.4, -0.2) is 25.5 Å². The van der Waals surface area contributed by atoms with Crippen molar-refractivity contribution >= 4 is 11.7 Å². The number of amides is 1. The van der Waals surface area contributed by atoms with Crippen LogP contribution in [0.2, 0.25) is 0 Å². The van der Waals surface area contributed by atoms with Crippen LogP contribution in [0.25, 0.3) is 0 Å². The number of carbonyl (C=O) groups is 1. The second-order valence-electron chi connectivity index (χ2n) is 5.79. The largest absolute Gasteiger partial charge is 0.471 e. The van der Waals surface area contributed by atoms with Gasteiger partial charge in [0.1, 0.15) is 12.3 Å². The van der Waals surface area contributed by atoms with Crippen LogP contribution in [-0.2, 0) is 13.3 Å². The van der Waals surface area contributed by atoms with E-state index in [0.29, 0.717) is 5.82 Å². The molecule has 1 amide bonds. The molecular formula is C18H18N6O2. The molecule has 0 saturated carbocycles. The highest BCUT2D eigenvalue weighted by molar-refractivity contribution is 6.02. The predicted octanol–water partition coefficient (Wildman–Crippen LogP) is 2.51. The molecule has 132 valence electrons. The molecular weight excluding hydrogens is 332 g/mol. The van der Waals surface area contributed by atoms with Gasteiger partial charge in [0.05, 0.1) is 6.07 Å². The van der Waals surface area contributed by atoms with Crippen LogP contribution in [0.15, 0.2) is 42.7 Å². The summed E-state index contributed by atoms with van der Waals surface area (Å²) >= 11 is 0. The number of hydrogen-bond acceptors (Lipinski definition) is 5. The molecule has 3 aromatic rings. The lowest BCUT2D eigenvalue weighted by Gasteiger charge is -2.09. The van der Waals surface area contributed by atoms with Crippen molar-refractivity contribution in [1.82, 2.24) is 19.6 Å². The van der Waals surface area contributed by atoms with Gasteiger partial charge in [-0.3, -0.25) is 9.48 Å². The maximum Gasteiger partial charge on any atom is 0.277 e. The predicted molar refractivity (Wildman–Crippen MR) is 94.6 cm³/mol. The number of carbonyl (C=O) groups excluding carboxylic acids is 1. The Hall–Kier alpha value is -3.60. The Balaban J connectivity index is 1.59. The first-order chi connectivity index (χ1) is 12.5. The molecule has 1 N–H and O–H groups in total. The Morgan fingerprint density at radius 2 is 2.00 bits per heavy atom. The summed E-state index contributed by atoms with van der Waals surface area (Å²) in [5.74, 6) is 0.768. The Bertz CT molecular complexity index is 966. The molecule has 2 aromatic heterocycles. The minimum absolute atomic E-state index is 0.125. The number of rotatable bonds is 6. The fourth-order valence-corrected chi connectivity index (χ4v) is 2.42. The van der Waals surface area contributed by atoms with E-state index >= 15 is 0 Å². The van der Waals surface area contributed by atoms with Crippen LogP contribution >= 0.6 is 0 Å². The van der Waals surface area contributed by atoms with Crippen molar-refractivity contribution in [3.63, 3.8) is 0 Å². The van der Waals surface area contributed by atoms with Crippen molar-refractivity contribution in [3.8, 4) is 11.8 Å². The van der Waals surface area contributed by atoms with E-state index in [4.69, 9.17) is 10.00 Å². The van der Waals surface area contributed by atoms with E-state index in [2.05, 4.69) is 15.5 Å². The van der Waals surface area contributed by atoms with E-state index in [1.165, 1.54) is 10.2 Å². The Morgan fingerprint density at radius 3 is 2.77 bits per heavy atom. The Morgan fingerprint density at radius 1 is 1.19 bits per heavy atom. The van der Waals surface area contributed by atoms with E-state index < -0.39 is 0 Å². The molecule has 0 atom stereocenters. The lowest BCUT2D eigenvalue weighted by molar-refractivity contribution is 0.101. The molecule has 0 fully saturated rings. The molecule has 8 nitrogen and oxygen atoms in total. The molecule has 0 bridgehead atoms. The zero-order valence-electron chi connectivity index (χ0n) is 14.5. The minimum atomic E-state index is -0.377. The van der Waals surface area contributed by atoms with Gasteiger partial charge in [-0.25, -0.2) is 4.68 Å². The zero-order valence-corrected chi connectivity index (χ0v) is 14.5. The van der Waals surface area contributed by atoms with Crippen molar-refractivity contribution < 1.29 is 9.53 Å². The average molecular weight is 350 g/mol. The Labute approximate surface area is 150 Å². The van der Waals surface area contributed by atoms with Gasteiger partial charge in [-0.2, -0.15) is 15.5 Å². The molecule has 8 heteroatoms. The number of nitrogens with one attached hydrogen (secondary N) is 1. The van der Waals surface area contributed by atoms with Crippen molar-refractivity contribution in [2.45, 2.75) is 27.1 Å². The highest BCUT2D eigenvalue weighted by Gasteiger charge is 2.12. The normalized spacial score (nSPS) is 10.3. The van der Waals surface area contributed by atoms with Crippen LogP contribution in [0, 0.1) is 25.2 Å². The van der Waals surface area contributed by atoms with Gasteiger partial charge in [0.2, 0.25) is 0 Å². The standard InChI is InChI=1S/C18H18N6O2/c1-13-3-4-16(14(2)11-13)26-12-24-8-5-15(21-24)18(25)20-17-6-9-23(22-17)10-7-19/h3-6,8-9,11H,10,12H2,1-2H3,(H,20,22,25). The first-order valence-corrected chi connectivity index (χ1v) is 8.00. The number of hydrogen-bond donors (Lipinski definition) is 1.